The first-order valence-corrected chi connectivity index (χ1v) is 10.8. The van der Waals surface area contributed by atoms with Crippen LogP contribution in [0.5, 0.6) is 0 Å². The maximum atomic E-state index is 12.6. The third-order valence-electron chi connectivity index (χ3n) is 6.47. The van der Waals surface area contributed by atoms with Crippen molar-refractivity contribution in [2.75, 3.05) is 0 Å². The third kappa shape index (κ3) is 4.39. The van der Waals surface area contributed by atoms with Crippen molar-refractivity contribution in [3.05, 3.63) is 0 Å². The third-order valence-corrected chi connectivity index (χ3v) is 6.47. The first kappa shape index (κ1) is 20.8. The highest BCUT2D eigenvalue weighted by Gasteiger charge is 2.51. The van der Waals surface area contributed by atoms with Crippen molar-refractivity contribution in [3.63, 3.8) is 0 Å². The van der Waals surface area contributed by atoms with Gasteiger partial charge >= 0.3 is 5.97 Å². The number of amides is 3. The number of hydrogen-bond donors (Lipinski definition) is 1. The fraction of sp³-hybridized carbons (Fsp3) is 0.810. The van der Waals surface area contributed by atoms with Crippen molar-refractivity contribution in [2.24, 2.45) is 11.8 Å². The van der Waals surface area contributed by atoms with Gasteiger partial charge in [-0.3, -0.25) is 19.3 Å². The van der Waals surface area contributed by atoms with E-state index in [0.717, 1.165) is 43.4 Å². The van der Waals surface area contributed by atoms with Gasteiger partial charge in [-0.1, -0.05) is 38.5 Å². The van der Waals surface area contributed by atoms with Crippen molar-refractivity contribution in [1.82, 2.24) is 10.2 Å². The monoisotopic (exact) mass is 392 g/mol. The van der Waals surface area contributed by atoms with Gasteiger partial charge in [0.2, 0.25) is 11.8 Å². The molecule has 1 saturated heterocycles. The van der Waals surface area contributed by atoms with E-state index in [1.165, 1.54) is 26.7 Å². The summed E-state index contributed by atoms with van der Waals surface area (Å²) in [4.78, 5) is 51.3. The molecule has 28 heavy (non-hydrogen) atoms. The van der Waals surface area contributed by atoms with Crippen molar-refractivity contribution in [1.29, 1.82) is 0 Å². The summed E-state index contributed by atoms with van der Waals surface area (Å²) in [6, 6.07) is -0.878. The number of hydrogen-bond acceptors (Lipinski definition) is 5. The summed E-state index contributed by atoms with van der Waals surface area (Å²) in [6.45, 7) is 3.04. The van der Waals surface area contributed by atoms with Crippen molar-refractivity contribution in [2.45, 2.75) is 96.2 Å². The zero-order chi connectivity index (χ0) is 20.3. The second-order valence-corrected chi connectivity index (χ2v) is 8.50. The molecule has 156 valence electrons. The topological polar surface area (TPSA) is 92.8 Å². The molecule has 0 aromatic carbocycles. The zero-order valence-electron chi connectivity index (χ0n) is 16.9. The van der Waals surface area contributed by atoms with Gasteiger partial charge in [0.15, 0.2) is 6.10 Å². The normalized spacial score (nSPS) is 28.3. The molecule has 3 rings (SSSR count). The lowest BCUT2D eigenvalue weighted by Gasteiger charge is -2.24. The average molecular weight is 392 g/mol. The molecule has 1 aliphatic heterocycles. The van der Waals surface area contributed by atoms with Gasteiger partial charge in [-0.05, 0) is 39.5 Å². The summed E-state index contributed by atoms with van der Waals surface area (Å²) in [6.07, 6.45) is 8.79. The quantitative estimate of drug-likeness (QED) is 0.440. The molecule has 0 spiro atoms. The van der Waals surface area contributed by atoms with Crippen LogP contribution in [0.4, 0.5) is 0 Å². The summed E-state index contributed by atoms with van der Waals surface area (Å²) >= 11 is 0. The van der Waals surface area contributed by atoms with Gasteiger partial charge in [-0.2, -0.15) is 0 Å². The molecule has 3 amide bonds. The smallest absolute Gasteiger partial charge is 0.329 e. The maximum Gasteiger partial charge on any atom is 0.329 e. The second kappa shape index (κ2) is 9.05. The van der Waals surface area contributed by atoms with Crippen molar-refractivity contribution < 1.29 is 23.9 Å². The molecule has 7 heteroatoms. The lowest BCUT2D eigenvalue weighted by Crippen LogP contribution is -2.47. The van der Waals surface area contributed by atoms with Crippen LogP contribution in [0.2, 0.25) is 0 Å². The standard InChI is InChI=1S/C21H32N2O5/c1-13(23-19(25)16-11-7-8-12-17(16)20(23)26)21(27)28-14(2)18(24)22-15-9-5-3-4-6-10-15/h13-17H,3-12H2,1-2H3,(H,22,24)/t13-,14+,16-,17-/m0/s1. The summed E-state index contributed by atoms with van der Waals surface area (Å²) < 4.78 is 5.31. The number of nitrogens with one attached hydrogen (secondary N) is 1. The van der Waals surface area contributed by atoms with E-state index in [1.54, 1.807) is 0 Å². The van der Waals surface area contributed by atoms with Gasteiger partial charge in [0.1, 0.15) is 6.04 Å². The van der Waals surface area contributed by atoms with E-state index >= 15 is 0 Å². The Labute approximate surface area is 166 Å². The predicted octanol–water partition coefficient (Wildman–Crippen LogP) is 2.32. The van der Waals surface area contributed by atoms with Crippen LogP contribution in [-0.4, -0.2) is 46.8 Å². The molecule has 1 heterocycles. The largest absolute Gasteiger partial charge is 0.451 e. The van der Waals surface area contributed by atoms with Crippen LogP contribution in [0.3, 0.4) is 0 Å². The highest BCUT2D eigenvalue weighted by molar-refractivity contribution is 6.07. The fourth-order valence-electron chi connectivity index (χ4n) is 4.74. The molecule has 1 N–H and O–H groups in total. The van der Waals surface area contributed by atoms with E-state index in [2.05, 4.69) is 5.32 Å². The number of ether oxygens (including phenoxy) is 1. The lowest BCUT2D eigenvalue weighted by molar-refractivity contribution is -0.164. The van der Waals surface area contributed by atoms with Crippen LogP contribution in [0, 0.1) is 11.8 Å². The number of rotatable bonds is 5. The Morgan fingerprint density at radius 2 is 1.39 bits per heavy atom. The first-order valence-electron chi connectivity index (χ1n) is 10.8. The molecule has 2 saturated carbocycles. The maximum absolute atomic E-state index is 12.6. The summed E-state index contributed by atoms with van der Waals surface area (Å²) in [5.74, 6) is -2.16. The van der Waals surface area contributed by atoms with Crippen molar-refractivity contribution >= 4 is 23.7 Å². The molecule has 3 fully saturated rings. The number of fused-ring (bicyclic) bond motifs is 1. The van der Waals surface area contributed by atoms with Crippen LogP contribution >= 0.6 is 0 Å². The van der Waals surface area contributed by atoms with E-state index in [-0.39, 0.29) is 35.6 Å². The molecular weight excluding hydrogens is 360 g/mol. The molecule has 7 nitrogen and oxygen atoms in total. The van der Waals surface area contributed by atoms with Crippen LogP contribution in [0.25, 0.3) is 0 Å². The molecular formula is C21H32N2O5. The number of esters is 1. The van der Waals surface area contributed by atoms with Crippen molar-refractivity contribution in [3.8, 4) is 0 Å². The molecule has 0 unspecified atom stereocenters. The molecule has 4 atom stereocenters. The summed E-state index contributed by atoms with van der Waals surface area (Å²) in [7, 11) is 0. The Kier molecular flexibility index (Phi) is 6.73. The number of carbonyl (C=O) groups is 4. The van der Waals surface area contributed by atoms with Crippen LogP contribution < -0.4 is 5.32 Å². The first-order chi connectivity index (χ1) is 13.4. The van der Waals surface area contributed by atoms with Gasteiger partial charge in [0, 0.05) is 6.04 Å². The minimum atomic E-state index is -1.00. The van der Waals surface area contributed by atoms with Gasteiger partial charge in [0.05, 0.1) is 11.8 Å². The number of nitrogens with zero attached hydrogens (tertiary/aromatic N) is 1. The molecule has 0 aromatic heterocycles. The fourth-order valence-corrected chi connectivity index (χ4v) is 4.74. The highest BCUT2D eigenvalue weighted by atomic mass is 16.5. The Morgan fingerprint density at radius 1 is 0.893 bits per heavy atom. The van der Waals surface area contributed by atoms with E-state index in [9.17, 15) is 19.2 Å². The molecule has 2 aliphatic carbocycles. The van der Waals surface area contributed by atoms with Gasteiger partial charge < -0.3 is 10.1 Å². The molecule has 0 aromatic rings. The molecule has 3 aliphatic rings. The van der Waals surface area contributed by atoms with Gasteiger partial charge in [-0.25, -0.2) is 4.79 Å². The van der Waals surface area contributed by atoms with Crippen LogP contribution in [-0.2, 0) is 23.9 Å². The molecule has 0 radical (unpaired) electrons. The zero-order valence-corrected chi connectivity index (χ0v) is 16.9. The second-order valence-electron chi connectivity index (χ2n) is 8.50. The predicted molar refractivity (Wildman–Crippen MR) is 102 cm³/mol. The summed E-state index contributed by atoms with van der Waals surface area (Å²) in [5.41, 5.74) is 0. The Balaban J connectivity index is 1.55. The van der Waals surface area contributed by atoms with E-state index in [0.29, 0.717) is 12.8 Å². The lowest BCUT2D eigenvalue weighted by atomic mass is 9.81. The Bertz CT molecular complexity index is 602. The summed E-state index contributed by atoms with van der Waals surface area (Å²) in [5, 5.41) is 2.97. The Hall–Kier alpha value is -1.92. The van der Waals surface area contributed by atoms with Gasteiger partial charge in [-0.15, -0.1) is 0 Å². The van der Waals surface area contributed by atoms with E-state index in [4.69, 9.17) is 4.74 Å². The van der Waals surface area contributed by atoms with E-state index < -0.39 is 18.1 Å². The average Bonchev–Trinajstić information content (AvgIpc) is 2.85. The van der Waals surface area contributed by atoms with Gasteiger partial charge in [0.25, 0.3) is 5.91 Å². The van der Waals surface area contributed by atoms with Crippen LogP contribution in [0.15, 0.2) is 0 Å². The minimum absolute atomic E-state index is 0.124. The number of likely N-dealkylation sites (tertiary alicyclic amines) is 1. The Morgan fingerprint density at radius 3 is 1.93 bits per heavy atom. The van der Waals surface area contributed by atoms with Crippen LogP contribution in [0.1, 0.15) is 78.1 Å². The number of carbonyl (C=O) groups excluding carboxylic acids is 4. The molecule has 0 bridgehead atoms. The number of imide groups is 1. The van der Waals surface area contributed by atoms with E-state index in [1.807, 2.05) is 0 Å². The highest BCUT2D eigenvalue weighted by Crippen LogP contribution is 2.38. The SMILES string of the molecule is C[C@@H](OC(=O)[C@H](C)N1C(=O)[C@H]2CCCC[C@@H]2C1=O)C(=O)NC1CCCCCC1. The minimum Gasteiger partial charge on any atom is -0.451 e.